The predicted octanol–water partition coefficient (Wildman–Crippen LogP) is 1.91. The van der Waals surface area contributed by atoms with Crippen molar-refractivity contribution in [1.29, 1.82) is 0 Å². The molecule has 30 heavy (non-hydrogen) atoms. The topological polar surface area (TPSA) is 103 Å². The third-order valence-electron chi connectivity index (χ3n) is 5.44. The molecule has 162 valence electrons. The van der Waals surface area contributed by atoms with Crippen LogP contribution in [0.3, 0.4) is 0 Å². The van der Waals surface area contributed by atoms with E-state index in [0.717, 1.165) is 5.56 Å². The first-order valence-corrected chi connectivity index (χ1v) is 11.5. The van der Waals surface area contributed by atoms with Gasteiger partial charge in [-0.1, -0.05) is 6.07 Å². The zero-order valence-electron chi connectivity index (χ0n) is 17.1. The van der Waals surface area contributed by atoms with E-state index in [1.54, 1.807) is 10.8 Å². The smallest absolute Gasteiger partial charge is 0.262 e. The number of ether oxygens (including phenoxy) is 2. The molecule has 0 bridgehead atoms. The van der Waals surface area contributed by atoms with E-state index >= 15 is 0 Å². The van der Waals surface area contributed by atoms with Crippen LogP contribution in [-0.2, 0) is 21.4 Å². The zero-order valence-corrected chi connectivity index (χ0v) is 17.9. The second-order valence-corrected chi connectivity index (χ2v) is 9.75. The molecule has 0 saturated carbocycles. The van der Waals surface area contributed by atoms with E-state index in [2.05, 4.69) is 10.3 Å². The molecule has 1 aromatic carbocycles. The van der Waals surface area contributed by atoms with Crippen molar-refractivity contribution in [1.82, 2.24) is 19.2 Å². The van der Waals surface area contributed by atoms with Gasteiger partial charge < -0.3 is 19.4 Å². The van der Waals surface area contributed by atoms with Crippen LogP contribution in [0.4, 0.5) is 0 Å². The normalized spacial score (nSPS) is 19.2. The van der Waals surface area contributed by atoms with Crippen LogP contribution < -0.4 is 14.8 Å². The summed E-state index contributed by atoms with van der Waals surface area (Å²) in [6.45, 7) is 5.01. The average molecular weight is 435 g/mol. The minimum atomic E-state index is -3.72. The summed E-state index contributed by atoms with van der Waals surface area (Å²) in [6.07, 6.45) is 4.35. The van der Waals surface area contributed by atoms with E-state index in [0.29, 0.717) is 37.4 Å². The van der Waals surface area contributed by atoms with Gasteiger partial charge in [-0.25, -0.2) is 13.4 Å². The molecule has 1 saturated heterocycles. The minimum absolute atomic E-state index is 0.0256. The molecule has 1 fully saturated rings. The molecule has 1 N–H and O–H groups in total. The molecular weight excluding hydrogens is 408 g/mol. The number of fused-ring (bicyclic) bond motifs is 1. The number of nitrogens with zero attached hydrogens (tertiary/aromatic N) is 3. The Bertz CT molecular complexity index is 1030. The maximum atomic E-state index is 13.0. The Morgan fingerprint density at radius 2 is 2.10 bits per heavy atom. The van der Waals surface area contributed by atoms with Crippen molar-refractivity contribution in [3.8, 4) is 11.5 Å². The highest BCUT2D eigenvalue weighted by molar-refractivity contribution is 7.89. The maximum Gasteiger partial charge on any atom is 0.262 e. The summed E-state index contributed by atoms with van der Waals surface area (Å²) in [5, 5.41) is 2.94. The lowest BCUT2D eigenvalue weighted by atomic mass is 9.98. The highest BCUT2D eigenvalue weighted by Crippen LogP contribution is 2.32. The Morgan fingerprint density at radius 1 is 1.30 bits per heavy atom. The number of nitrogens with one attached hydrogen (secondary N) is 1. The molecule has 1 atom stereocenters. The zero-order chi connectivity index (χ0) is 21.3. The van der Waals surface area contributed by atoms with Crippen LogP contribution in [0.15, 0.2) is 35.7 Å². The van der Waals surface area contributed by atoms with Crippen LogP contribution in [-0.4, -0.2) is 48.1 Å². The van der Waals surface area contributed by atoms with Gasteiger partial charge in [0.15, 0.2) is 16.5 Å². The number of carbonyl (C=O) groups excluding carboxylic acids is 1. The highest BCUT2D eigenvalue weighted by atomic mass is 32.2. The molecule has 10 heteroatoms. The molecule has 2 aliphatic rings. The molecule has 3 heterocycles. The monoisotopic (exact) mass is 434 g/mol. The number of hydrogen-bond donors (Lipinski definition) is 1. The second kappa shape index (κ2) is 8.27. The number of amides is 1. The van der Waals surface area contributed by atoms with Gasteiger partial charge in [-0.15, -0.1) is 0 Å². The lowest BCUT2D eigenvalue weighted by Gasteiger charge is -2.30. The number of piperidine rings is 1. The molecule has 2 aliphatic heterocycles. The fourth-order valence-electron chi connectivity index (χ4n) is 3.62. The Hall–Kier alpha value is -2.59. The van der Waals surface area contributed by atoms with Crippen LogP contribution >= 0.6 is 0 Å². The Labute approximate surface area is 176 Å². The largest absolute Gasteiger partial charge is 0.454 e. The number of imidazole rings is 1. The van der Waals surface area contributed by atoms with Crippen LogP contribution in [0.1, 0.15) is 38.3 Å². The van der Waals surface area contributed by atoms with Crippen molar-refractivity contribution in [2.75, 3.05) is 19.9 Å². The number of rotatable bonds is 6. The minimum Gasteiger partial charge on any atom is -0.454 e. The van der Waals surface area contributed by atoms with Crippen LogP contribution in [0, 0.1) is 5.92 Å². The van der Waals surface area contributed by atoms with Crippen molar-refractivity contribution in [2.24, 2.45) is 5.92 Å². The predicted molar refractivity (Wildman–Crippen MR) is 109 cm³/mol. The Balaban J connectivity index is 1.38. The summed E-state index contributed by atoms with van der Waals surface area (Å²) in [7, 11) is -3.72. The number of sulfonamides is 1. The first kappa shape index (κ1) is 20.7. The van der Waals surface area contributed by atoms with E-state index in [-0.39, 0.29) is 30.3 Å². The second-order valence-electron chi connectivity index (χ2n) is 7.86. The molecule has 1 aromatic heterocycles. The first-order valence-electron chi connectivity index (χ1n) is 10.0. The van der Waals surface area contributed by atoms with Gasteiger partial charge in [0.05, 0.1) is 12.2 Å². The van der Waals surface area contributed by atoms with Crippen molar-refractivity contribution in [3.05, 3.63) is 36.3 Å². The number of aromatic nitrogens is 2. The van der Waals surface area contributed by atoms with E-state index < -0.39 is 15.9 Å². The SMILES string of the molecule is CC(C)n1cnc(S(=O)(=O)N2CCC[C@@H](C(=O)NCc3ccc4c(c3)OCO4)C2)c1. The molecule has 0 radical (unpaired) electrons. The van der Waals surface area contributed by atoms with Crippen LogP contribution in [0.5, 0.6) is 11.5 Å². The van der Waals surface area contributed by atoms with Crippen molar-refractivity contribution >= 4 is 15.9 Å². The van der Waals surface area contributed by atoms with Crippen LogP contribution in [0.25, 0.3) is 0 Å². The molecule has 4 rings (SSSR count). The molecule has 1 amide bonds. The lowest BCUT2D eigenvalue weighted by molar-refractivity contribution is -0.126. The summed E-state index contributed by atoms with van der Waals surface area (Å²) in [5.41, 5.74) is 0.895. The van der Waals surface area contributed by atoms with Gasteiger partial charge in [0, 0.05) is 31.9 Å². The highest BCUT2D eigenvalue weighted by Gasteiger charge is 2.34. The van der Waals surface area contributed by atoms with Crippen molar-refractivity contribution in [3.63, 3.8) is 0 Å². The molecular formula is C20H26N4O5S. The lowest BCUT2D eigenvalue weighted by Crippen LogP contribution is -2.45. The number of benzene rings is 1. The summed E-state index contributed by atoms with van der Waals surface area (Å²) in [6, 6.07) is 5.65. The average Bonchev–Trinajstić information content (AvgIpc) is 3.41. The summed E-state index contributed by atoms with van der Waals surface area (Å²) >= 11 is 0. The van der Waals surface area contributed by atoms with Gasteiger partial charge in [0.25, 0.3) is 10.0 Å². The quantitative estimate of drug-likeness (QED) is 0.745. The van der Waals surface area contributed by atoms with Gasteiger partial charge in [0.2, 0.25) is 12.7 Å². The third kappa shape index (κ3) is 4.15. The molecule has 0 aliphatic carbocycles. The summed E-state index contributed by atoms with van der Waals surface area (Å²) in [4.78, 5) is 16.8. The summed E-state index contributed by atoms with van der Waals surface area (Å²) < 4.78 is 39.7. The molecule has 2 aromatic rings. The Kier molecular flexibility index (Phi) is 5.70. The van der Waals surface area contributed by atoms with E-state index in [4.69, 9.17) is 9.47 Å². The van der Waals surface area contributed by atoms with Gasteiger partial charge in [-0.3, -0.25) is 4.79 Å². The first-order chi connectivity index (χ1) is 14.3. The van der Waals surface area contributed by atoms with Crippen molar-refractivity contribution < 1.29 is 22.7 Å². The number of carbonyl (C=O) groups is 1. The van der Waals surface area contributed by atoms with E-state index in [1.807, 2.05) is 32.0 Å². The van der Waals surface area contributed by atoms with Gasteiger partial charge in [-0.2, -0.15) is 4.31 Å². The summed E-state index contributed by atoms with van der Waals surface area (Å²) in [5.74, 6) is 0.811. The van der Waals surface area contributed by atoms with E-state index in [1.165, 1.54) is 10.6 Å². The molecule has 9 nitrogen and oxygen atoms in total. The van der Waals surface area contributed by atoms with Crippen molar-refractivity contribution in [2.45, 2.75) is 44.3 Å². The van der Waals surface area contributed by atoms with Gasteiger partial charge in [-0.05, 0) is 44.4 Å². The van der Waals surface area contributed by atoms with Crippen LogP contribution in [0.2, 0.25) is 0 Å². The van der Waals surface area contributed by atoms with Gasteiger partial charge >= 0.3 is 0 Å². The maximum absolute atomic E-state index is 13.0. The van der Waals surface area contributed by atoms with E-state index in [9.17, 15) is 13.2 Å². The number of hydrogen-bond acceptors (Lipinski definition) is 6. The standard InChI is InChI=1S/C20H26N4O5S/c1-14(2)23-11-19(22-12-23)30(26,27)24-7-3-4-16(10-24)20(25)21-9-15-5-6-17-18(8-15)29-13-28-17/h5-6,8,11-12,14,16H,3-4,7,9-10,13H2,1-2H3,(H,21,25)/t16-/m1/s1. The Morgan fingerprint density at radius 3 is 2.87 bits per heavy atom. The molecule has 0 unspecified atom stereocenters. The molecule has 0 spiro atoms. The van der Waals surface area contributed by atoms with Gasteiger partial charge in [0.1, 0.15) is 0 Å². The fourth-order valence-corrected chi connectivity index (χ4v) is 5.07. The fraction of sp³-hybridized carbons (Fsp3) is 0.500. The third-order valence-corrected chi connectivity index (χ3v) is 7.19.